The summed E-state index contributed by atoms with van der Waals surface area (Å²) < 4.78 is 0. The van der Waals surface area contributed by atoms with E-state index in [-0.39, 0.29) is 0 Å². The van der Waals surface area contributed by atoms with Crippen LogP contribution in [0.15, 0.2) is 23.8 Å². The highest BCUT2D eigenvalue weighted by Gasteiger charge is 2.07. The second-order valence-corrected chi connectivity index (χ2v) is 3.77. The molecule has 1 fully saturated rings. The highest BCUT2D eigenvalue weighted by molar-refractivity contribution is 5.59. The van der Waals surface area contributed by atoms with Gasteiger partial charge in [-0.1, -0.05) is 29.8 Å². The van der Waals surface area contributed by atoms with Gasteiger partial charge in [-0.2, -0.15) is 0 Å². The SMILES string of the molecule is Cc1ccc(C)c(C=C2CNC2)c1. The van der Waals surface area contributed by atoms with Crippen molar-refractivity contribution in [3.8, 4) is 0 Å². The molecule has 2 rings (SSSR count). The van der Waals surface area contributed by atoms with Gasteiger partial charge in [0, 0.05) is 13.1 Å². The highest BCUT2D eigenvalue weighted by atomic mass is 14.9. The maximum absolute atomic E-state index is 3.25. The first kappa shape index (κ1) is 8.52. The lowest BCUT2D eigenvalue weighted by Gasteiger charge is -2.19. The van der Waals surface area contributed by atoms with E-state index in [2.05, 4.69) is 43.4 Å². The van der Waals surface area contributed by atoms with E-state index in [1.807, 2.05) is 0 Å². The molecule has 1 saturated heterocycles. The van der Waals surface area contributed by atoms with E-state index in [4.69, 9.17) is 0 Å². The largest absolute Gasteiger partial charge is 0.309 e. The summed E-state index contributed by atoms with van der Waals surface area (Å²) in [6, 6.07) is 6.60. The fourth-order valence-corrected chi connectivity index (χ4v) is 1.51. The number of benzene rings is 1. The zero-order valence-corrected chi connectivity index (χ0v) is 8.22. The lowest BCUT2D eigenvalue weighted by molar-refractivity contribution is 0.674. The Kier molecular flexibility index (Phi) is 2.19. The maximum atomic E-state index is 3.25. The second kappa shape index (κ2) is 3.35. The Morgan fingerprint density at radius 2 is 2.00 bits per heavy atom. The molecular formula is C12H15N. The standard InChI is InChI=1S/C12H15N/c1-9-3-4-10(2)12(5-9)6-11-7-13-8-11/h3-6,13H,7-8H2,1-2H3. The molecule has 1 heterocycles. The summed E-state index contributed by atoms with van der Waals surface area (Å²) in [5.74, 6) is 0. The molecule has 0 radical (unpaired) electrons. The number of rotatable bonds is 1. The number of hydrogen-bond donors (Lipinski definition) is 1. The minimum atomic E-state index is 1.06. The molecule has 1 aliphatic heterocycles. The minimum absolute atomic E-state index is 1.06. The summed E-state index contributed by atoms with van der Waals surface area (Å²) in [5, 5.41) is 3.25. The summed E-state index contributed by atoms with van der Waals surface area (Å²) in [6.45, 7) is 6.43. The Morgan fingerprint density at radius 3 is 2.62 bits per heavy atom. The first-order valence-electron chi connectivity index (χ1n) is 4.73. The Bertz CT molecular complexity index is 344. The van der Waals surface area contributed by atoms with Crippen LogP contribution < -0.4 is 5.32 Å². The lowest BCUT2D eigenvalue weighted by Crippen LogP contribution is -2.33. The van der Waals surface area contributed by atoms with E-state index in [1.54, 1.807) is 0 Å². The van der Waals surface area contributed by atoms with Gasteiger partial charge in [-0.25, -0.2) is 0 Å². The Morgan fingerprint density at radius 1 is 1.23 bits per heavy atom. The summed E-state index contributed by atoms with van der Waals surface area (Å²) in [7, 11) is 0. The van der Waals surface area contributed by atoms with Crippen molar-refractivity contribution in [1.29, 1.82) is 0 Å². The van der Waals surface area contributed by atoms with Crippen LogP contribution in [0.1, 0.15) is 16.7 Å². The predicted octanol–water partition coefficient (Wildman–Crippen LogP) is 2.29. The van der Waals surface area contributed by atoms with Crippen LogP contribution in [0.5, 0.6) is 0 Å². The molecular weight excluding hydrogens is 158 g/mol. The van der Waals surface area contributed by atoms with Crippen LogP contribution in [0.3, 0.4) is 0 Å². The second-order valence-electron chi connectivity index (χ2n) is 3.77. The van der Waals surface area contributed by atoms with Crippen LogP contribution in [-0.4, -0.2) is 13.1 Å². The third-order valence-corrected chi connectivity index (χ3v) is 2.50. The van der Waals surface area contributed by atoms with Gasteiger partial charge in [0.25, 0.3) is 0 Å². The monoisotopic (exact) mass is 173 g/mol. The molecule has 1 nitrogen and oxygen atoms in total. The number of aryl methyl sites for hydroxylation is 2. The molecule has 13 heavy (non-hydrogen) atoms. The molecule has 68 valence electrons. The van der Waals surface area contributed by atoms with Gasteiger partial charge in [-0.05, 0) is 30.5 Å². The van der Waals surface area contributed by atoms with Crippen LogP contribution in [0.25, 0.3) is 6.08 Å². The van der Waals surface area contributed by atoms with Crippen LogP contribution in [-0.2, 0) is 0 Å². The molecule has 1 aromatic rings. The average Bonchev–Trinajstić information content (AvgIpc) is 2.03. The summed E-state index contributed by atoms with van der Waals surface area (Å²) in [5.41, 5.74) is 5.58. The van der Waals surface area contributed by atoms with Crippen molar-refractivity contribution in [3.63, 3.8) is 0 Å². The molecule has 1 aliphatic rings. The van der Waals surface area contributed by atoms with Crippen LogP contribution in [0.4, 0.5) is 0 Å². The van der Waals surface area contributed by atoms with E-state index in [0.717, 1.165) is 13.1 Å². The smallest absolute Gasteiger partial charge is 0.0183 e. The summed E-state index contributed by atoms with van der Waals surface area (Å²) in [4.78, 5) is 0. The summed E-state index contributed by atoms with van der Waals surface area (Å²) in [6.07, 6.45) is 2.30. The van der Waals surface area contributed by atoms with E-state index < -0.39 is 0 Å². The molecule has 0 amide bonds. The fourth-order valence-electron chi connectivity index (χ4n) is 1.51. The van der Waals surface area contributed by atoms with Crippen molar-refractivity contribution in [3.05, 3.63) is 40.5 Å². The molecule has 1 aromatic carbocycles. The van der Waals surface area contributed by atoms with E-state index in [1.165, 1.54) is 22.3 Å². The topological polar surface area (TPSA) is 12.0 Å². The van der Waals surface area contributed by atoms with Crippen LogP contribution >= 0.6 is 0 Å². The molecule has 0 unspecified atom stereocenters. The lowest BCUT2D eigenvalue weighted by atomic mass is 10.0. The molecule has 0 aromatic heterocycles. The van der Waals surface area contributed by atoms with Crippen molar-refractivity contribution in [1.82, 2.24) is 5.32 Å². The van der Waals surface area contributed by atoms with Gasteiger partial charge in [0.05, 0.1) is 0 Å². The number of hydrogen-bond acceptors (Lipinski definition) is 1. The van der Waals surface area contributed by atoms with Gasteiger partial charge in [0.2, 0.25) is 0 Å². The van der Waals surface area contributed by atoms with E-state index >= 15 is 0 Å². The van der Waals surface area contributed by atoms with Crippen LogP contribution in [0.2, 0.25) is 0 Å². The van der Waals surface area contributed by atoms with Gasteiger partial charge in [0.1, 0.15) is 0 Å². The van der Waals surface area contributed by atoms with Gasteiger partial charge >= 0.3 is 0 Å². The third kappa shape index (κ3) is 1.81. The molecule has 0 spiro atoms. The van der Waals surface area contributed by atoms with Crippen molar-refractivity contribution in [2.45, 2.75) is 13.8 Å². The molecule has 1 N–H and O–H groups in total. The minimum Gasteiger partial charge on any atom is -0.309 e. The van der Waals surface area contributed by atoms with Gasteiger partial charge in [-0.3, -0.25) is 0 Å². The molecule has 0 aliphatic carbocycles. The first-order chi connectivity index (χ1) is 6.25. The molecule has 0 atom stereocenters. The van der Waals surface area contributed by atoms with E-state index in [9.17, 15) is 0 Å². The van der Waals surface area contributed by atoms with E-state index in [0.29, 0.717) is 0 Å². The average molecular weight is 173 g/mol. The van der Waals surface area contributed by atoms with Crippen LogP contribution in [0, 0.1) is 13.8 Å². The maximum Gasteiger partial charge on any atom is 0.0183 e. The van der Waals surface area contributed by atoms with Gasteiger partial charge in [-0.15, -0.1) is 0 Å². The predicted molar refractivity (Wildman–Crippen MR) is 56.8 cm³/mol. The Labute approximate surface area is 79.5 Å². The fraction of sp³-hybridized carbons (Fsp3) is 0.333. The van der Waals surface area contributed by atoms with Crippen molar-refractivity contribution in [2.24, 2.45) is 0 Å². The zero-order valence-electron chi connectivity index (χ0n) is 8.22. The van der Waals surface area contributed by atoms with Gasteiger partial charge < -0.3 is 5.32 Å². The first-order valence-corrected chi connectivity index (χ1v) is 4.73. The van der Waals surface area contributed by atoms with Gasteiger partial charge in [0.15, 0.2) is 0 Å². The zero-order chi connectivity index (χ0) is 9.26. The van der Waals surface area contributed by atoms with Crippen molar-refractivity contribution in [2.75, 3.05) is 13.1 Å². The van der Waals surface area contributed by atoms with Crippen molar-refractivity contribution < 1.29 is 0 Å². The molecule has 1 heteroatoms. The molecule has 0 saturated carbocycles. The number of nitrogens with one attached hydrogen (secondary N) is 1. The Hall–Kier alpha value is -1.08. The highest BCUT2D eigenvalue weighted by Crippen LogP contribution is 2.15. The quantitative estimate of drug-likeness (QED) is 0.687. The molecule has 0 bridgehead atoms. The van der Waals surface area contributed by atoms with Crippen molar-refractivity contribution >= 4 is 6.08 Å². The normalized spacial score (nSPS) is 15.4. The summed E-state index contributed by atoms with van der Waals surface area (Å²) >= 11 is 0. The Balaban J connectivity index is 2.33. The third-order valence-electron chi connectivity index (χ3n) is 2.50.